The van der Waals surface area contributed by atoms with Gasteiger partial charge < -0.3 is 39.0 Å². The maximum Gasteiger partial charge on any atom is 0.345 e. The summed E-state index contributed by atoms with van der Waals surface area (Å²) < 4.78 is 83.7. The molecule has 16 nitrogen and oxygen atoms in total. The van der Waals surface area contributed by atoms with E-state index in [0.29, 0.717) is 64.5 Å². The molecule has 5 atom stereocenters. The number of aromatic nitrogens is 7. The second-order valence-corrected chi connectivity index (χ2v) is 16.4. The monoisotopic (exact) mass is 872 g/mol. The van der Waals surface area contributed by atoms with Crippen molar-refractivity contribution in [2.75, 3.05) is 62.1 Å². The molecule has 8 heterocycles. The van der Waals surface area contributed by atoms with Gasteiger partial charge in [0.2, 0.25) is 17.8 Å². The maximum absolute atomic E-state index is 15.4. The summed E-state index contributed by atoms with van der Waals surface area (Å²) in [5.41, 5.74) is 2.33. The van der Waals surface area contributed by atoms with Crippen LogP contribution in [0.1, 0.15) is 18.7 Å². The number of methoxy groups -OCH3 is 1. The first-order valence-corrected chi connectivity index (χ1v) is 20.4. The molecule has 10 rings (SSSR count). The molecule has 1 N–H and O–H groups in total. The van der Waals surface area contributed by atoms with Gasteiger partial charge in [-0.2, -0.15) is 23.8 Å². The second-order valence-electron chi connectivity index (χ2n) is 16.4. The number of aryl methyl sites for hydroxylation is 1. The van der Waals surface area contributed by atoms with Crippen molar-refractivity contribution in [3.05, 3.63) is 78.0 Å². The summed E-state index contributed by atoms with van der Waals surface area (Å²) in [5, 5.41) is 8.40. The van der Waals surface area contributed by atoms with Gasteiger partial charge in [0, 0.05) is 64.1 Å². The number of imidazole rings is 1. The highest BCUT2D eigenvalue weighted by Crippen LogP contribution is 2.40. The van der Waals surface area contributed by atoms with Gasteiger partial charge in [-0.05, 0) is 50.1 Å². The van der Waals surface area contributed by atoms with Crippen molar-refractivity contribution in [3.63, 3.8) is 0 Å². The van der Waals surface area contributed by atoms with Crippen LogP contribution in [0.3, 0.4) is 0 Å². The summed E-state index contributed by atoms with van der Waals surface area (Å²) in [4.78, 5) is 54.1. The third-order valence-corrected chi connectivity index (χ3v) is 12.4. The molecule has 4 aromatic heterocycles. The molecule has 2 aromatic carbocycles. The molecular weight excluding hydrogens is 832 g/mol. The molecule has 0 spiro atoms. The van der Waals surface area contributed by atoms with Crippen molar-refractivity contribution in [2.24, 2.45) is 0 Å². The van der Waals surface area contributed by atoms with Crippen LogP contribution in [-0.2, 0) is 25.6 Å². The van der Waals surface area contributed by atoms with E-state index in [4.69, 9.17) is 19.7 Å². The van der Waals surface area contributed by atoms with Crippen LogP contribution in [0.25, 0.3) is 39.0 Å². The largest absolute Gasteiger partial charge is 0.378 e. The van der Waals surface area contributed by atoms with Gasteiger partial charge in [0.1, 0.15) is 47.4 Å². The van der Waals surface area contributed by atoms with E-state index in [0.717, 1.165) is 12.1 Å². The summed E-state index contributed by atoms with van der Waals surface area (Å²) in [7, 11) is 3.27. The molecule has 328 valence electrons. The second kappa shape index (κ2) is 15.7. The predicted molar refractivity (Wildman–Crippen MR) is 219 cm³/mol. The molecular formula is C42H41F5N12O4. The highest BCUT2D eigenvalue weighted by atomic mass is 19.3. The van der Waals surface area contributed by atoms with Crippen LogP contribution in [0.4, 0.5) is 39.5 Å². The van der Waals surface area contributed by atoms with E-state index >= 15 is 8.78 Å². The number of hydrogen-bond donors (Lipinski definition) is 1. The van der Waals surface area contributed by atoms with E-state index < -0.39 is 48.7 Å². The van der Waals surface area contributed by atoms with Gasteiger partial charge in [-0.15, -0.1) is 0 Å². The number of halogens is 5. The van der Waals surface area contributed by atoms with Crippen LogP contribution in [0, 0.1) is 24.4 Å². The van der Waals surface area contributed by atoms with Crippen molar-refractivity contribution >= 4 is 51.5 Å². The number of piperazine rings is 1. The number of benzene rings is 2. The fraction of sp³-hybridized carbons (Fsp3) is 0.405. The Balaban J connectivity index is 1.06. The van der Waals surface area contributed by atoms with Crippen LogP contribution in [0.2, 0.25) is 0 Å². The number of likely N-dealkylation sites (N-methyl/N-ethyl adjacent to an activating group) is 1. The molecule has 2 unspecified atom stereocenters. The number of rotatable bonds is 7. The van der Waals surface area contributed by atoms with Crippen LogP contribution < -0.4 is 15.1 Å². The van der Waals surface area contributed by atoms with E-state index in [-0.39, 0.29) is 67.5 Å². The molecule has 4 aliphatic rings. The third kappa shape index (κ3) is 7.21. The average molecular weight is 873 g/mol. The molecule has 2 amide bonds. The number of pyridine rings is 1. The van der Waals surface area contributed by atoms with Crippen LogP contribution in [-0.4, -0.2) is 140 Å². The van der Waals surface area contributed by atoms with Crippen molar-refractivity contribution in [1.82, 2.24) is 44.1 Å². The maximum atomic E-state index is 15.4. The number of nitrogens with one attached hydrogen (secondary N) is 1. The molecule has 63 heavy (non-hydrogen) atoms. The van der Waals surface area contributed by atoms with Crippen molar-refractivity contribution in [1.29, 1.82) is 0 Å². The summed E-state index contributed by atoms with van der Waals surface area (Å²) in [5.74, 6) is -1.25. The Labute approximate surface area is 356 Å². The minimum absolute atomic E-state index is 0.0696. The molecule has 3 saturated heterocycles. The summed E-state index contributed by atoms with van der Waals surface area (Å²) in [6, 6.07) is 9.60. The Kier molecular flexibility index (Phi) is 10.1. The predicted octanol–water partition coefficient (Wildman–Crippen LogP) is 4.53. The summed E-state index contributed by atoms with van der Waals surface area (Å²) >= 11 is 0. The molecule has 6 bridgehead atoms. The number of ether oxygens (including phenoxy) is 2. The van der Waals surface area contributed by atoms with Crippen LogP contribution in [0.5, 0.6) is 0 Å². The van der Waals surface area contributed by atoms with Gasteiger partial charge in [0.25, 0.3) is 0 Å². The lowest BCUT2D eigenvalue weighted by Gasteiger charge is -2.56. The third-order valence-electron chi connectivity index (χ3n) is 12.4. The minimum atomic E-state index is -3.08. The van der Waals surface area contributed by atoms with E-state index in [1.165, 1.54) is 34.0 Å². The number of likely N-dealkylation sites (tertiary alicyclic amines) is 1. The van der Waals surface area contributed by atoms with E-state index in [1.54, 1.807) is 31.2 Å². The Morgan fingerprint density at radius 1 is 0.937 bits per heavy atom. The molecule has 3 fully saturated rings. The van der Waals surface area contributed by atoms with Crippen LogP contribution >= 0.6 is 0 Å². The Morgan fingerprint density at radius 2 is 1.75 bits per heavy atom. The number of anilines is 3. The van der Waals surface area contributed by atoms with E-state index in [2.05, 4.69) is 20.1 Å². The number of carbonyl (C=O) groups excluding carboxylic acids is 2. The number of amides is 2. The standard InChI is InChI=1S/C42H41F5N12O4/c1-21-49-32-11-23(44)9-28-31-5-4-6-35(51-31)50-24-12-34(40(61)54(2)18-27(62-3)19-56(21)37(28)32)57(15-24)38-29-14-48-59(33-8-7-22(43)10-30(33)45)39(29)53-42(52-38)58-25-13-26(58)17-55(16-25)36(60)20-63-41(46)47/h4-11,14,24-27,34,41H,12-13,15-20H2,1-3H3,(H,50,51)/t24-,25?,26?,27-,34-/m0/s1. The highest BCUT2D eigenvalue weighted by molar-refractivity contribution is 5.94. The number of carbonyl (C=O) groups is 2. The first kappa shape index (κ1) is 40.6. The number of piperidine rings is 1. The molecule has 0 saturated carbocycles. The molecule has 4 aliphatic heterocycles. The normalized spacial score (nSPS) is 22.4. The number of fused-ring (bicyclic) bond motifs is 8. The van der Waals surface area contributed by atoms with Crippen LogP contribution in [0.15, 0.2) is 54.7 Å². The highest BCUT2D eigenvalue weighted by Gasteiger charge is 2.48. The first-order chi connectivity index (χ1) is 30.3. The minimum Gasteiger partial charge on any atom is -0.378 e. The number of nitrogens with zero attached hydrogens (tertiary/aromatic N) is 11. The zero-order chi connectivity index (χ0) is 43.8. The quantitative estimate of drug-likeness (QED) is 0.225. The molecule has 21 heteroatoms. The lowest BCUT2D eigenvalue weighted by Crippen LogP contribution is -2.70. The molecule has 0 radical (unpaired) electrons. The van der Waals surface area contributed by atoms with E-state index in [1.807, 2.05) is 27.4 Å². The van der Waals surface area contributed by atoms with Crippen molar-refractivity contribution in [2.45, 2.75) is 63.2 Å². The first-order valence-electron chi connectivity index (χ1n) is 20.4. The molecule has 6 aromatic rings. The van der Waals surface area contributed by atoms with Gasteiger partial charge in [-0.25, -0.2) is 27.8 Å². The smallest absolute Gasteiger partial charge is 0.345 e. The summed E-state index contributed by atoms with van der Waals surface area (Å²) in [6.07, 6.45) is 1.93. The molecule has 0 aliphatic carbocycles. The lowest BCUT2D eigenvalue weighted by atomic mass is 9.88. The summed E-state index contributed by atoms with van der Waals surface area (Å²) in [6.45, 7) is -0.914. The Hall–Kier alpha value is -6.48. The van der Waals surface area contributed by atoms with Gasteiger partial charge in [0.15, 0.2) is 11.5 Å². The fourth-order valence-corrected chi connectivity index (χ4v) is 9.52. The van der Waals surface area contributed by atoms with Gasteiger partial charge >= 0.3 is 6.61 Å². The average Bonchev–Trinajstić information content (AvgIpc) is 3.96. The van der Waals surface area contributed by atoms with Gasteiger partial charge in [-0.3, -0.25) is 9.59 Å². The van der Waals surface area contributed by atoms with Gasteiger partial charge in [-0.1, -0.05) is 6.07 Å². The number of hydrogen-bond acceptors (Lipinski definition) is 12. The van der Waals surface area contributed by atoms with E-state index in [9.17, 15) is 22.8 Å². The SMILES string of the molecule is CO[C@H]1CN(C)C(=O)[C@@H]2C[C@@H](CN2c2nc(N3C4CC3CN(C(=O)COC(F)F)C4)nc3c2cnn3-c2ccc(F)cc2F)Nc2cccc(n2)-c2cc(F)cc3nc(C)n(c23)C1. The Bertz CT molecular complexity index is 2770. The van der Waals surface area contributed by atoms with Crippen molar-refractivity contribution < 1.29 is 41.0 Å². The van der Waals surface area contributed by atoms with Gasteiger partial charge in [0.05, 0.1) is 53.0 Å². The lowest BCUT2D eigenvalue weighted by molar-refractivity contribution is -0.161. The Morgan fingerprint density at radius 3 is 2.51 bits per heavy atom. The fourth-order valence-electron chi connectivity index (χ4n) is 9.52. The zero-order valence-corrected chi connectivity index (χ0v) is 34.3. The zero-order valence-electron chi connectivity index (χ0n) is 34.3. The topological polar surface area (TPSA) is 152 Å². The van der Waals surface area contributed by atoms with Crippen molar-refractivity contribution in [3.8, 4) is 16.9 Å². The number of alkyl halides is 2.